The van der Waals surface area contributed by atoms with Gasteiger partial charge >= 0.3 is 0 Å². The Morgan fingerprint density at radius 2 is 2.00 bits per heavy atom. The second-order valence-corrected chi connectivity index (χ2v) is 6.77. The van der Waals surface area contributed by atoms with Crippen molar-refractivity contribution in [3.63, 3.8) is 0 Å². The third kappa shape index (κ3) is 2.81. The lowest BCUT2D eigenvalue weighted by Crippen LogP contribution is -2.24. The molecule has 1 unspecified atom stereocenters. The molecule has 27 heavy (non-hydrogen) atoms. The van der Waals surface area contributed by atoms with Gasteiger partial charge in [0.25, 0.3) is 0 Å². The lowest BCUT2D eigenvalue weighted by molar-refractivity contribution is -0.117. The number of ether oxygens (including phenoxy) is 2. The first-order chi connectivity index (χ1) is 13.2. The maximum atomic E-state index is 12.5. The van der Waals surface area contributed by atoms with Crippen molar-refractivity contribution in [1.29, 1.82) is 0 Å². The fraction of sp³-hybridized carbons (Fsp3) is 0.250. The Bertz CT molecular complexity index is 1030. The number of aryl methyl sites for hydroxylation is 1. The lowest BCUT2D eigenvalue weighted by atomic mass is 10.1. The highest BCUT2D eigenvalue weighted by molar-refractivity contribution is 5.96. The summed E-state index contributed by atoms with van der Waals surface area (Å²) in [5.74, 6) is 2.28. The van der Waals surface area contributed by atoms with Gasteiger partial charge in [0.1, 0.15) is 0 Å². The van der Waals surface area contributed by atoms with E-state index in [1.54, 1.807) is 4.90 Å². The van der Waals surface area contributed by atoms with Crippen LogP contribution >= 0.6 is 0 Å². The highest BCUT2D eigenvalue weighted by Crippen LogP contribution is 2.38. The molecule has 136 valence electrons. The van der Waals surface area contributed by atoms with Gasteiger partial charge in [-0.3, -0.25) is 4.79 Å². The molecule has 1 fully saturated rings. The zero-order chi connectivity index (χ0) is 18.4. The van der Waals surface area contributed by atoms with Crippen LogP contribution in [0.5, 0.6) is 11.5 Å². The first-order valence-electron chi connectivity index (χ1n) is 8.78. The molecule has 0 N–H and O–H groups in total. The number of carbonyl (C=O) groups is 1. The molecule has 2 aliphatic heterocycles. The molecule has 7 heteroatoms. The largest absolute Gasteiger partial charge is 0.454 e. The van der Waals surface area contributed by atoms with Crippen LogP contribution in [0.1, 0.15) is 23.8 Å². The number of carbonyl (C=O) groups excluding carboxylic acids is 1. The van der Waals surface area contributed by atoms with E-state index in [4.69, 9.17) is 14.0 Å². The van der Waals surface area contributed by atoms with Crippen molar-refractivity contribution in [2.24, 2.45) is 0 Å². The summed E-state index contributed by atoms with van der Waals surface area (Å²) in [5, 5.41) is 4.09. The topological polar surface area (TPSA) is 77.7 Å². The monoisotopic (exact) mass is 363 g/mol. The summed E-state index contributed by atoms with van der Waals surface area (Å²) in [6, 6.07) is 13.4. The summed E-state index contributed by atoms with van der Waals surface area (Å²) in [4.78, 5) is 18.8. The van der Waals surface area contributed by atoms with Crippen LogP contribution in [-0.4, -0.2) is 29.4 Å². The van der Waals surface area contributed by atoms with Gasteiger partial charge in [-0.2, -0.15) is 4.98 Å². The molecule has 5 rings (SSSR count). The van der Waals surface area contributed by atoms with Crippen LogP contribution in [0.15, 0.2) is 47.0 Å². The molecule has 7 nitrogen and oxygen atoms in total. The zero-order valence-corrected chi connectivity index (χ0v) is 14.7. The van der Waals surface area contributed by atoms with Crippen LogP contribution in [0.4, 0.5) is 5.69 Å². The Morgan fingerprint density at radius 3 is 2.89 bits per heavy atom. The molecular formula is C20H17N3O4. The molecule has 3 heterocycles. The predicted octanol–water partition coefficient (Wildman–Crippen LogP) is 3.29. The summed E-state index contributed by atoms with van der Waals surface area (Å²) in [7, 11) is 0. The quantitative estimate of drug-likeness (QED) is 0.711. The van der Waals surface area contributed by atoms with Gasteiger partial charge in [0.15, 0.2) is 11.5 Å². The van der Waals surface area contributed by atoms with Crippen LogP contribution in [0.25, 0.3) is 11.4 Å². The van der Waals surface area contributed by atoms with Gasteiger partial charge in [0.05, 0.1) is 5.92 Å². The Morgan fingerprint density at radius 1 is 1.11 bits per heavy atom. The number of nitrogens with zero attached hydrogens (tertiary/aromatic N) is 3. The van der Waals surface area contributed by atoms with Crippen LogP contribution in [-0.2, 0) is 4.79 Å². The van der Waals surface area contributed by atoms with Crippen molar-refractivity contribution in [3.8, 4) is 22.9 Å². The number of anilines is 1. The van der Waals surface area contributed by atoms with Crippen molar-refractivity contribution in [2.75, 3.05) is 18.2 Å². The second-order valence-electron chi connectivity index (χ2n) is 6.77. The molecule has 0 aliphatic carbocycles. The molecule has 1 atom stereocenters. The first kappa shape index (κ1) is 15.9. The third-order valence-electron chi connectivity index (χ3n) is 4.86. The van der Waals surface area contributed by atoms with Gasteiger partial charge in [0.2, 0.25) is 24.4 Å². The van der Waals surface area contributed by atoms with E-state index < -0.39 is 0 Å². The van der Waals surface area contributed by atoms with E-state index in [-0.39, 0.29) is 18.6 Å². The van der Waals surface area contributed by atoms with Crippen molar-refractivity contribution in [1.82, 2.24) is 10.1 Å². The zero-order valence-electron chi connectivity index (χ0n) is 14.7. The summed E-state index contributed by atoms with van der Waals surface area (Å²) in [6.07, 6.45) is 0.337. The van der Waals surface area contributed by atoms with Gasteiger partial charge in [-0.15, -0.1) is 0 Å². The molecule has 0 radical (unpaired) electrons. The summed E-state index contributed by atoms with van der Waals surface area (Å²) < 4.78 is 16.2. The average molecular weight is 363 g/mol. The first-order valence-corrected chi connectivity index (χ1v) is 8.78. The van der Waals surface area contributed by atoms with Crippen molar-refractivity contribution in [3.05, 3.63) is 53.9 Å². The minimum atomic E-state index is -0.131. The van der Waals surface area contributed by atoms with E-state index in [0.29, 0.717) is 36.2 Å². The lowest BCUT2D eigenvalue weighted by Gasteiger charge is -2.16. The maximum Gasteiger partial charge on any atom is 0.232 e. The van der Waals surface area contributed by atoms with Gasteiger partial charge in [-0.25, -0.2) is 0 Å². The molecule has 2 aromatic carbocycles. The molecular weight excluding hydrogens is 346 g/mol. The van der Waals surface area contributed by atoms with Crippen molar-refractivity contribution < 1.29 is 18.8 Å². The van der Waals surface area contributed by atoms with E-state index >= 15 is 0 Å². The maximum absolute atomic E-state index is 12.5. The van der Waals surface area contributed by atoms with E-state index in [2.05, 4.69) is 10.1 Å². The number of rotatable bonds is 3. The highest BCUT2D eigenvalue weighted by Gasteiger charge is 2.35. The fourth-order valence-electron chi connectivity index (χ4n) is 3.48. The fourth-order valence-corrected chi connectivity index (χ4v) is 3.48. The SMILES string of the molecule is Cc1cccc(-c2noc(C3CC(=O)N(c4ccc5c(c4)OCO5)C3)n2)c1. The van der Waals surface area contributed by atoms with E-state index in [1.165, 1.54) is 0 Å². The van der Waals surface area contributed by atoms with Crippen LogP contribution in [0.2, 0.25) is 0 Å². The predicted molar refractivity (Wildman–Crippen MR) is 96.7 cm³/mol. The number of benzene rings is 2. The molecule has 1 aromatic heterocycles. The van der Waals surface area contributed by atoms with Crippen LogP contribution in [0.3, 0.4) is 0 Å². The summed E-state index contributed by atoms with van der Waals surface area (Å²) >= 11 is 0. The van der Waals surface area contributed by atoms with Crippen LogP contribution < -0.4 is 14.4 Å². The minimum Gasteiger partial charge on any atom is -0.454 e. The second kappa shape index (κ2) is 6.12. The van der Waals surface area contributed by atoms with Crippen molar-refractivity contribution in [2.45, 2.75) is 19.3 Å². The average Bonchev–Trinajstić information content (AvgIpc) is 3.40. The summed E-state index contributed by atoms with van der Waals surface area (Å²) in [6.45, 7) is 2.72. The van der Waals surface area contributed by atoms with Crippen molar-refractivity contribution >= 4 is 11.6 Å². The smallest absolute Gasteiger partial charge is 0.232 e. The van der Waals surface area contributed by atoms with Gasteiger partial charge in [-0.05, 0) is 25.1 Å². The van der Waals surface area contributed by atoms with Crippen LogP contribution in [0, 0.1) is 6.92 Å². The Hall–Kier alpha value is -3.35. The molecule has 0 bridgehead atoms. The van der Waals surface area contributed by atoms with Gasteiger partial charge < -0.3 is 18.9 Å². The van der Waals surface area contributed by atoms with Gasteiger partial charge in [-0.1, -0.05) is 28.9 Å². The third-order valence-corrected chi connectivity index (χ3v) is 4.86. The number of aromatic nitrogens is 2. The molecule has 1 saturated heterocycles. The van der Waals surface area contributed by atoms with E-state index in [1.807, 2.05) is 49.4 Å². The Kier molecular flexibility index (Phi) is 3.60. The standard InChI is InChI=1S/C20H17N3O4/c1-12-3-2-4-13(7-12)19-21-20(27-22-19)14-8-18(24)23(10-14)15-5-6-16-17(9-15)26-11-25-16/h2-7,9,14H,8,10-11H2,1H3. The molecule has 1 amide bonds. The number of hydrogen-bond acceptors (Lipinski definition) is 6. The molecule has 0 saturated carbocycles. The summed E-state index contributed by atoms with van der Waals surface area (Å²) in [5.41, 5.74) is 2.82. The number of hydrogen-bond donors (Lipinski definition) is 0. The Balaban J connectivity index is 1.38. The highest BCUT2D eigenvalue weighted by atomic mass is 16.7. The molecule has 3 aromatic rings. The Labute approximate surface area is 155 Å². The van der Waals surface area contributed by atoms with Gasteiger partial charge in [0, 0.05) is 30.3 Å². The van der Waals surface area contributed by atoms with E-state index in [9.17, 15) is 4.79 Å². The minimum absolute atomic E-state index is 0.0224. The number of amides is 1. The molecule has 2 aliphatic rings. The number of fused-ring (bicyclic) bond motifs is 1. The normalized spacial score (nSPS) is 18.3. The van der Waals surface area contributed by atoms with E-state index in [0.717, 1.165) is 16.8 Å². The molecule has 0 spiro atoms.